The van der Waals surface area contributed by atoms with Gasteiger partial charge in [0.15, 0.2) is 0 Å². The quantitative estimate of drug-likeness (QED) is 0.185. The molecule has 0 radical (unpaired) electrons. The third-order valence-corrected chi connectivity index (χ3v) is 5.46. The highest BCUT2D eigenvalue weighted by Gasteiger charge is 2.32. The number of carbonyl (C=O) groups is 5. The minimum absolute atomic E-state index is 0.0189. The first kappa shape index (κ1) is 31.3. The van der Waals surface area contributed by atoms with Crippen LogP contribution in [0.4, 0.5) is 0 Å². The summed E-state index contributed by atoms with van der Waals surface area (Å²) in [5.41, 5.74) is 5.92. The molecule has 0 aromatic rings. The highest BCUT2D eigenvalue weighted by molar-refractivity contribution is 5.94. The number of carboxylic acids is 2. The van der Waals surface area contributed by atoms with Crippen molar-refractivity contribution in [2.24, 2.45) is 23.5 Å². The number of aliphatic carboxylic acids is 2. The molecule has 0 heterocycles. The fourth-order valence-corrected chi connectivity index (χ4v) is 3.34. The molecule has 196 valence electrons. The van der Waals surface area contributed by atoms with Gasteiger partial charge in [-0.25, -0.2) is 4.79 Å². The van der Waals surface area contributed by atoms with E-state index >= 15 is 0 Å². The third kappa shape index (κ3) is 12.0. The molecule has 5 unspecified atom stereocenters. The summed E-state index contributed by atoms with van der Waals surface area (Å²) in [6.07, 6.45) is 0.527. The van der Waals surface area contributed by atoms with Crippen LogP contribution < -0.4 is 21.7 Å². The molecule has 0 bridgehead atoms. The van der Waals surface area contributed by atoms with Crippen molar-refractivity contribution >= 4 is 29.7 Å². The molecule has 0 spiro atoms. The maximum absolute atomic E-state index is 13.0. The Kier molecular flexibility index (Phi) is 14.1. The molecule has 5 atom stereocenters. The summed E-state index contributed by atoms with van der Waals surface area (Å²) in [7, 11) is 0. The second kappa shape index (κ2) is 15.3. The number of carbonyl (C=O) groups excluding carboxylic acids is 3. The Labute approximate surface area is 201 Å². The highest BCUT2D eigenvalue weighted by atomic mass is 16.4. The van der Waals surface area contributed by atoms with Crippen LogP contribution in [0.15, 0.2) is 0 Å². The maximum atomic E-state index is 13.0. The highest BCUT2D eigenvalue weighted by Crippen LogP contribution is 2.11. The monoisotopic (exact) mass is 486 g/mol. The molecule has 0 aliphatic rings. The van der Waals surface area contributed by atoms with Gasteiger partial charge in [0, 0.05) is 6.42 Å². The Balaban J connectivity index is 5.61. The molecule has 0 rings (SSSR count). The average Bonchev–Trinajstić information content (AvgIpc) is 2.72. The van der Waals surface area contributed by atoms with Crippen molar-refractivity contribution in [2.45, 2.75) is 97.8 Å². The smallest absolute Gasteiger partial charge is 0.326 e. The first-order valence-corrected chi connectivity index (χ1v) is 11.8. The zero-order chi connectivity index (χ0) is 26.6. The van der Waals surface area contributed by atoms with Crippen LogP contribution in [-0.4, -0.2) is 64.0 Å². The molecule has 0 fully saturated rings. The minimum atomic E-state index is -1.29. The maximum Gasteiger partial charge on any atom is 0.326 e. The molecule has 0 saturated heterocycles. The van der Waals surface area contributed by atoms with E-state index in [9.17, 15) is 29.1 Å². The lowest BCUT2D eigenvalue weighted by molar-refractivity contribution is -0.144. The number of nitrogens with one attached hydrogen (secondary N) is 3. The van der Waals surface area contributed by atoms with Crippen molar-refractivity contribution in [3.05, 3.63) is 0 Å². The van der Waals surface area contributed by atoms with E-state index in [1.54, 1.807) is 13.8 Å². The van der Waals surface area contributed by atoms with Gasteiger partial charge in [-0.05, 0) is 37.0 Å². The predicted molar refractivity (Wildman–Crippen MR) is 127 cm³/mol. The van der Waals surface area contributed by atoms with E-state index in [1.165, 1.54) is 0 Å². The molecule has 0 aliphatic heterocycles. The normalized spacial score (nSPS) is 15.7. The van der Waals surface area contributed by atoms with Crippen LogP contribution in [0.2, 0.25) is 0 Å². The molecule has 0 saturated carbocycles. The van der Waals surface area contributed by atoms with Gasteiger partial charge in [0.1, 0.15) is 18.1 Å². The molecule has 11 nitrogen and oxygen atoms in total. The average molecular weight is 487 g/mol. The number of carboxylic acid groups (broad SMARTS) is 2. The van der Waals surface area contributed by atoms with E-state index < -0.39 is 60.2 Å². The minimum Gasteiger partial charge on any atom is -0.481 e. The van der Waals surface area contributed by atoms with Crippen molar-refractivity contribution in [2.75, 3.05) is 0 Å². The second-order valence-corrected chi connectivity index (χ2v) is 9.63. The Bertz CT molecular complexity index is 711. The van der Waals surface area contributed by atoms with Gasteiger partial charge >= 0.3 is 11.9 Å². The lowest BCUT2D eigenvalue weighted by atomic mass is 9.98. The molecule has 0 aromatic heterocycles. The first-order valence-electron chi connectivity index (χ1n) is 11.8. The third-order valence-electron chi connectivity index (χ3n) is 5.46. The lowest BCUT2D eigenvalue weighted by Gasteiger charge is -2.27. The van der Waals surface area contributed by atoms with Crippen LogP contribution in [-0.2, 0) is 24.0 Å². The molecular weight excluding hydrogens is 444 g/mol. The molecule has 3 amide bonds. The van der Waals surface area contributed by atoms with E-state index in [-0.39, 0.29) is 30.6 Å². The lowest BCUT2D eigenvalue weighted by Crippen LogP contribution is -2.58. The van der Waals surface area contributed by atoms with E-state index in [4.69, 9.17) is 10.8 Å². The fourth-order valence-electron chi connectivity index (χ4n) is 3.34. The van der Waals surface area contributed by atoms with E-state index in [0.717, 1.165) is 0 Å². The number of hydrogen-bond donors (Lipinski definition) is 6. The van der Waals surface area contributed by atoms with Crippen molar-refractivity contribution < 1.29 is 34.2 Å². The Morgan fingerprint density at radius 3 is 1.71 bits per heavy atom. The largest absolute Gasteiger partial charge is 0.481 e. The molecular formula is C23H42N4O7. The van der Waals surface area contributed by atoms with Gasteiger partial charge in [-0.1, -0.05) is 48.0 Å². The van der Waals surface area contributed by atoms with Gasteiger partial charge in [-0.3, -0.25) is 19.2 Å². The van der Waals surface area contributed by atoms with Gasteiger partial charge in [0.2, 0.25) is 17.7 Å². The first-order chi connectivity index (χ1) is 15.7. The number of rotatable bonds is 16. The Morgan fingerprint density at radius 2 is 1.26 bits per heavy atom. The molecule has 7 N–H and O–H groups in total. The van der Waals surface area contributed by atoms with Crippen LogP contribution >= 0.6 is 0 Å². The number of amides is 3. The second-order valence-electron chi connectivity index (χ2n) is 9.63. The zero-order valence-corrected chi connectivity index (χ0v) is 21.1. The standard InChI is InChI=1S/C23H42N4O7/c1-7-14(6)19(23(33)34)27-21(31)16(8-9-18(28)29)25-22(32)17(11-13(4)5)26-20(30)15(24)10-12(2)3/h12-17,19H,7-11,24H2,1-6H3,(H,25,32)(H,26,30)(H,27,31)(H,28,29)(H,33,34). The molecule has 34 heavy (non-hydrogen) atoms. The van der Waals surface area contributed by atoms with Crippen molar-refractivity contribution in [3.63, 3.8) is 0 Å². The van der Waals surface area contributed by atoms with Gasteiger partial charge in [-0.2, -0.15) is 0 Å². The summed E-state index contributed by atoms with van der Waals surface area (Å²) in [4.78, 5) is 61.0. The molecule has 0 aliphatic carbocycles. The van der Waals surface area contributed by atoms with E-state index in [2.05, 4.69) is 16.0 Å². The summed E-state index contributed by atoms with van der Waals surface area (Å²) >= 11 is 0. The Hall–Kier alpha value is -2.69. The van der Waals surface area contributed by atoms with Crippen LogP contribution in [0.5, 0.6) is 0 Å². The van der Waals surface area contributed by atoms with Gasteiger partial charge in [0.05, 0.1) is 6.04 Å². The predicted octanol–water partition coefficient (Wildman–Crippen LogP) is 0.856. The number of nitrogens with two attached hydrogens (primary N) is 1. The van der Waals surface area contributed by atoms with Crippen LogP contribution in [0.1, 0.15) is 73.6 Å². The summed E-state index contributed by atoms with van der Waals surface area (Å²) in [6.45, 7) is 11.0. The zero-order valence-electron chi connectivity index (χ0n) is 21.1. The topological polar surface area (TPSA) is 188 Å². The number of hydrogen-bond acceptors (Lipinski definition) is 6. The van der Waals surface area contributed by atoms with E-state index in [1.807, 2.05) is 27.7 Å². The Morgan fingerprint density at radius 1 is 0.765 bits per heavy atom. The summed E-state index contributed by atoms with van der Waals surface area (Å²) in [6, 6.07) is -4.27. The van der Waals surface area contributed by atoms with Crippen LogP contribution in [0.25, 0.3) is 0 Å². The van der Waals surface area contributed by atoms with Gasteiger partial charge in [-0.15, -0.1) is 0 Å². The fraction of sp³-hybridized carbons (Fsp3) is 0.783. The summed E-state index contributed by atoms with van der Waals surface area (Å²) in [5.74, 6) is -4.55. The summed E-state index contributed by atoms with van der Waals surface area (Å²) in [5, 5.41) is 26.0. The summed E-state index contributed by atoms with van der Waals surface area (Å²) < 4.78 is 0. The SMILES string of the molecule is CCC(C)C(NC(=O)C(CCC(=O)O)NC(=O)C(CC(C)C)NC(=O)C(N)CC(C)C)C(=O)O. The van der Waals surface area contributed by atoms with E-state index in [0.29, 0.717) is 12.8 Å². The van der Waals surface area contributed by atoms with Gasteiger partial charge < -0.3 is 31.9 Å². The van der Waals surface area contributed by atoms with Crippen LogP contribution in [0, 0.1) is 17.8 Å². The van der Waals surface area contributed by atoms with Crippen LogP contribution in [0.3, 0.4) is 0 Å². The van der Waals surface area contributed by atoms with Crippen molar-refractivity contribution in [3.8, 4) is 0 Å². The van der Waals surface area contributed by atoms with Crippen molar-refractivity contribution in [1.29, 1.82) is 0 Å². The van der Waals surface area contributed by atoms with Gasteiger partial charge in [0.25, 0.3) is 0 Å². The molecule has 0 aromatic carbocycles. The molecule has 11 heteroatoms. The van der Waals surface area contributed by atoms with Crippen molar-refractivity contribution in [1.82, 2.24) is 16.0 Å².